The topological polar surface area (TPSA) is 119 Å². The number of nitro groups is 1. The van der Waals surface area contributed by atoms with Crippen molar-refractivity contribution in [2.75, 3.05) is 19.1 Å². The molecule has 10 heteroatoms. The lowest BCUT2D eigenvalue weighted by molar-refractivity contribution is -0.384. The number of rotatable bonds is 6. The van der Waals surface area contributed by atoms with Gasteiger partial charge in [-0.1, -0.05) is 30.3 Å². The van der Waals surface area contributed by atoms with E-state index in [9.17, 15) is 24.5 Å². The Morgan fingerprint density at radius 1 is 0.897 bits per heavy atom. The van der Waals surface area contributed by atoms with Gasteiger partial charge in [0.1, 0.15) is 6.04 Å². The molecule has 3 aromatic carbocycles. The maximum absolute atomic E-state index is 14.1. The quantitative estimate of drug-likeness (QED) is 0.205. The van der Waals surface area contributed by atoms with Crippen LogP contribution in [0.25, 0.3) is 6.08 Å². The minimum Gasteiger partial charge on any atom is -0.493 e. The lowest BCUT2D eigenvalue weighted by atomic mass is 9.83. The molecule has 10 nitrogen and oxygen atoms in total. The molecule has 1 unspecified atom stereocenters. The number of fused-ring (bicyclic) bond motifs is 5. The number of hydrogen-bond acceptors (Lipinski definition) is 8. The van der Waals surface area contributed by atoms with E-state index in [2.05, 4.69) is 0 Å². The molecule has 3 heterocycles. The van der Waals surface area contributed by atoms with Gasteiger partial charge in [0, 0.05) is 23.9 Å². The predicted octanol–water partition coefficient (Wildman–Crippen LogP) is 4.01. The van der Waals surface area contributed by atoms with Crippen LogP contribution < -0.4 is 14.4 Å². The third-order valence-electron chi connectivity index (χ3n) is 7.70. The van der Waals surface area contributed by atoms with Crippen molar-refractivity contribution in [2.24, 2.45) is 11.8 Å². The number of carbonyl (C=O) groups excluding carboxylic acids is 3. The van der Waals surface area contributed by atoms with E-state index in [1.54, 1.807) is 29.3 Å². The van der Waals surface area contributed by atoms with Crippen LogP contribution in [-0.4, -0.2) is 47.7 Å². The number of anilines is 1. The molecule has 2 saturated heterocycles. The van der Waals surface area contributed by atoms with Gasteiger partial charge in [0.2, 0.25) is 11.8 Å². The van der Waals surface area contributed by atoms with Gasteiger partial charge in [-0.05, 0) is 41.5 Å². The first-order valence-corrected chi connectivity index (χ1v) is 12.3. The third kappa shape index (κ3) is 3.59. The molecular weight excluding hydrogens is 502 g/mol. The van der Waals surface area contributed by atoms with Crippen LogP contribution in [0.1, 0.15) is 27.5 Å². The maximum Gasteiger partial charge on any atom is 0.271 e. The molecule has 4 atom stereocenters. The number of hydrogen-bond donors (Lipinski definition) is 0. The van der Waals surface area contributed by atoms with Crippen molar-refractivity contribution >= 4 is 35.0 Å². The Labute approximate surface area is 223 Å². The summed E-state index contributed by atoms with van der Waals surface area (Å²) in [4.78, 5) is 55.7. The molecule has 0 radical (unpaired) electrons. The van der Waals surface area contributed by atoms with Crippen LogP contribution in [0.4, 0.5) is 11.4 Å². The summed E-state index contributed by atoms with van der Waals surface area (Å²) in [7, 11) is 2.96. The summed E-state index contributed by atoms with van der Waals surface area (Å²) >= 11 is 0. The summed E-state index contributed by atoms with van der Waals surface area (Å²) < 4.78 is 10.7. The highest BCUT2D eigenvalue weighted by Crippen LogP contribution is 2.54. The minimum atomic E-state index is -1.00. The van der Waals surface area contributed by atoms with Crippen LogP contribution in [0.3, 0.4) is 0 Å². The molecule has 39 heavy (non-hydrogen) atoms. The third-order valence-corrected chi connectivity index (χ3v) is 7.70. The first kappa shape index (κ1) is 24.4. The monoisotopic (exact) mass is 525 g/mol. The number of non-ortho nitro benzene ring substituents is 1. The maximum atomic E-state index is 14.1. The smallest absolute Gasteiger partial charge is 0.271 e. The minimum absolute atomic E-state index is 0.108. The predicted molar refractivity (Wildman–Crippen MR) is 140 cm³/mol. The number of Topliss-reactive ketones (excluding diaryl/α,β-unsaturated/α-hetero) is 1. The Kier molecular flexibility index (Phi) is 5.67. The zero-order chi connectivity index (χ0) is 27.4. The summed E-state index contributed by atoms with van der Waals surface area (Å²) in [5.74, 6) is -2.46. The van der Waals surface area contributed by atoms with Crippen LogP contribution in [-0.2, 0) is 9.59 Å². The number of carbonyl (C=O) groups is 3. The van der Waals surface area contributed by atoms with Crippen molar-refractivity contribution in [3.8, 4) is 11.5 Å². The lowest BCUT2D eigenvalue weighted by Gasteiger charge is -2.35. The van der Waals surface area contributed by atoms with E-state index in [0.717, 1.165) is 16.0 Å². The average Bonchev–Trinajstić information content (AvgIpc) is 3.44. The number of ether oxygens (including phenoxy) is 2. The number of methoxy groups -OCH3 is 2. The van der Waals surface area contributed by atoms with Crippen molar-refractivity contribution < 1.29 is 28.8 Å². The van der Waals surface area contributed by atoms with Crippen LogP contribution in [0.2, 0.25) is 0 Å². The summed E-state index contributed by atoms with van der Waals surface area (Å²) in [5, 5.41) is 11.4. The fourth-order valence-electron chi connectivity index (χ4n) is 6.02. The van der Waals surface area contributed by atoms with Crippen molar-refractivity contribution in [3.05, 3.63) is 99.7 Å². The van der Waals surface area contributed by atoms with Crippen molar-refractivity contribution in [1.82, 2.24) is 4.90 Å². The summed E-state index contributed by atoms with van der Waals surface area (Å²) in [5.41, 5.74) is 1.90. The highest BCUT2D eigenvalue weighted by atomic mass is 16.6. The molecule has 0 N–H and O–H groups in total. The van der Waals surface area contributed by atoms with E-state index in [1.165, 1.54) is 38.5 Å². The molecule has 0 aromatic heterocycles. The standard InChI is InChI=1S/C29H23N3O7/c1-38-21-11-10-17(14-22(21)39-2)27(33)26-24-23(25-20-9-4-3-6-16(20)12-13-30(25)26)28(34)31(29(24)35)18-7-5-8-19(15-18)32(36)37/h3-15,23-26H,1-2H3/t23-,24+,25?,26-/m0/s1. The average molecular weight is 526 g/mol. The molecule has 3 aliphatic rings. The summed E-state index contributed by atoms with van der Waals surface area (Å²) in [6, 6.07) is 16.2. The Morgan fingerprint density at radius 2 is 1.64 bits per heavy atom. The zero-order valence-corrected chi connectivity index (χ0v) is 21.0. The van der Waals surface area contributed by atoms with E-state index in [-0.39, 0.29) is 17.2 Å². The van der Waals surface area contributed by atoms with Gasteiger partial charge in [-0.25, -0.2) is 4.90 Å². The summed E-state index contributed by atoms with van der Waals surface area (Å²) in [6.07, 6.45) is 3.64. The van der Waals surface area contributed by atoms with Crippen LogP contribution in [0.5, 0.6) is 11.5 Å². The first-order chi connectivity index (χ1) is 18.8. The van der Waals surface area contributed by atoms with Gasteiger partial charge < -0.3 is 14.4 Å². The van der Waals surface area contributed by atoms with Gasteiger partial charge in [0.05, 0.1) is 42.7 Å². The van der Waals surface area contributed by atoms with Gasteiger partial charge in [0.25, 0.3) is 5.69 Å². The van der Waals surface area contributed by atoms with Crippen LogP contribution in [0, 0.1) is 22.0 Å². The number of ketones is 1. The molecule has 0 spiro atoms. The molecular formula is C29H23N3O7. The molecule has 196 valence electrons. The molecule has 0 saturated carbocycles. The zero-order valence-electron chi connectivity index (χ0n) is 21.0. The van der Waals surface area contributed by atoms with E-state index in [0.29, 0.717) is 17.1 Å². The van der Waals surface area contributed by atoms with Crippen molar-refractivity contribution in [1.29, 1.82) is 0 Å². The second-order valence-electron chi connectivity index (χ2n) is 9.56. The fraction of sp³-hybridized carbons (Fsp3) is 0.207. The van der Waals surface area contributed by atoms with Gasteiger partial charge >= 0.3 is 0 Å². The van der Waals surface area contributed by atoms with Crippen LogP contribution in [0.15, 0.2) is 72.9 Å². The van der Waals surface area contributed by atoms with E-state index < -0.39 is 40.7 Å². The van der Waals surface area contributed by atoms with Gasteiger partial charge in [-0.2, -0.15) is 0 Å². The highest BCUT2D eigenvalue weighted by Gasteiger charge is 2.64. The van der Waals surface area contributed by atoms with Crippen LogP contribution >= 0.6 is 0 Å². The number of amides is 2. The molecule has 6 rings (SSSR count). The Morgan fingerprint density at radius 3 is 2.38 bits per heavy atom. The normalized spacial score (nSPS) is 22.8. The number of benzene rings is 3. The molecule has 3 aliphatic heterocycles. The van der Waals surface area contributed by atoms with Gasteiger partial charge in [0.15, 0.2) is 17.3 Å². The van der Waals surface area contributed by atoms with E-state index >= 15 is 0 Å². The Balaban J connectivity index is 1.48. The lowest BCUT2D eigenvalue weighted by Crippen LogP contribution is -2.44. The van der Waals surface area contributed by atoms with E-state index in [4.69, 9.17) is 9.47 Å². The molecule has 2 fully saturated rings. The number of nitrogens with zero attached hydrogens (tertiary/aromatic N) is 3. The van der Waals surface area contributed by atoms with Crippen molar-refractivity contribution in [2.45, 2.75) is 12.1 Å². The molecule has 0 bridgehead atoms. The van der Waals surface area contributed by atoms with Gasteiger partial charge in [-0.3, -0.25) is 24.5 Å². The first-order valence-electron chi connectivity index (χ1n) is 12.3. The van der Waals surface area contributed by atoms with E-state index in [1.807, 2.05) is 30.3 Å². The second-order valence-corrected chi connectivity index (χ2v) is 9.56. The van der Waals surface area contributed by atoms with Crippen molar-refractivity contribution in [3.63, 3.8) is 0 Å². The molecule has 2 amide bonds. The molecule has 0 aliphatic carbocycles. The highest BCUT2D eigenvalue weighted by molar-refractivity contribution is 6.24. The Hall–Kier alpha value is -4.99. The largest absolute Gasteiger partial charge is 0.493 e. The second kappa shape index (κ2) is 9.09. The number of nitro benzene ring substituents is 1. The SMILES string of the molecule is COc1ccc(C(=O)[C@@H]2[C@@H]3C(=O)N(c4cccc([N+](=O)[O-])c4)C(=O)[C@@H]3C3c4ccccc4C=CN32)cc1OC. The fourth-order valence-corrected chi connectivity index (χ4v) is 6.02. The molecule has 3 aromatic rings. The Bertz CT molecular complexity index is 1580. The summed E-state index contributed by atoms with van der Waals surface area (Å²) in [6.45, 7) is 0. The van der Waals surface area contributed by atoms with Gasteiger partial charge in [-0.15, -0.1) is 0 Å². The number of imide groups is 1.